The highest BCUT2D eigenvalue weighted by Crippen LogP contribution is 2.37. The molecule has 3 aromatic rings. The van der Waals surface area contributed by atoms with Crippen molar-refractivity contribution in [3.63, 3.8) is 0 Å². The first-order valence-electron chi connectivity index (χ1n) is 9.82. The van der Waals surface area contributed by atoms with E-state index in [1.165, 1.54) is 7.11 Å². The topological polar surface area (TPSA) is 75.6 Å². The van der Waals surface area contributed by atoms with Gasteiger partial charge in [0.05, 0.1) is 12.6 Å². The van der Waals surface area contributed by atoms with E-state index in [-0.39, 0.29) is 12.8 Å². The van der Waals surface area contributed by atoms with Crippen molar-refractivity contribution < 1.29 is 19.4 Å². The maximum absolute atomic E-state index is 12.2. The van der Waals surface area contributed by atoms with Crippen LogP contribution >= 0.6 is 0 Å². The molecule has 0 radical (unpaired) electrons. The van der Waals surface area contributed by atoms with Crippen LogP contribution < -0.4 is 5.32 Å². The second-order valence-electron chi connectivity index (χ2n) is 7.00. The number of carboxylic acids is 1. The van der Waals surface area contributed by atoms with Gasteiger partial charge in [-0.3, -0.25) is 14.9 Å². The van der Waals surface area contributed by atoms with Gasteiger partial charge in [0.25, 0.3) is 0 Å². The van der Waals surface area contributed by atoms with E-state index in [9.17, 15) is 14.7 Å². The molecule has 154 valence electrons. The van der Waals surface area contributed by atoms with Crippen molar-refractivity contribution >= 4 is 11.9 Å². The van der Waals surface area contributed by atoms with E-state index < -0.39 is 23.5 Å². The Morgan fingerprint density at radius 1 is 0.833 bits per heavy atom. The third-order valence-electron chi connectivity index (χ3n) is 5.17. The lowest BCUT2D eigenvalue weighted by molar-refractivity contribution is -0.142. The highest BCUT2D eigenvalue weighted by atomic mass is 16.5. The molecule has 0 saturated heterocycles. The zero-order valence-corrected chi connectivity index (χ0v) is 16.8. The van der Waals surface area contributed by atoms with Crippen LogP contribution in [0, 0.1) is 0 Å². The van der Waals surface area contributed by atoms with Crippen molar-refractivity contribution in [3.8, 4) is 0 Å². The number of benzene rings is 3. The Balaban J connectivity index is 2.17. The molecule has 3 rings (SSSR count). The molecule has 0 unspecified atom stereocenters. The summed E-state index contributed by atoms with van der Waals surface area (Å²) in [6.07, 6.45) is 0.116. The Morgan fingerprint density at radius 2 is 1.23 bits per heavy atom. The van der Waals surface area contributed by atoms with Crippen molar-refractivity contribution in [1.29, 1.82) is 0 Å². The molecule has 3 aromatic carbocycles. The van der Waals surface area contributed by atoms with Crippen LogP contribution in [0.2, 0.25) is 0 Å². The summed E-state index contributed by atoms with van der Waals surface area (Å²) in [5.74, 6) is -1.46. The van der Waals surface area contributed by atoms with Gasteiger partial charge in [-0.05, 0) is 23.1 Å². The summed E-state index contributed by atoms with van der Waals surface area (Å²) < 4.78 is 4.70. The minimum atomic E-state index is -1.02. The van der Waals surface area contributed by atoms with Crippen molar-refractivity contribution in [1.82, 2.24) is 5.32 Å². The average Bonchev–Trinajstić information content (AvgIpc) is 2.80. The fourth-order valence-corrected chi connectivity index (χ4v) is 3.70. The van der Waals surface area contributed by atoms with Crippen LogP contribution in [0.25, 0.3) is 0 Å². The van der Waals surface area contributed by atoms with E-state index >= 15 is 0 Å². The molecule has 30 heavy (non-hydrogen) atoms. The summed E-state index contributed by atoms with van der Waals surface area (Å²) >= 11 is 0. The second kappa shape index (κ2) is 9.85. The van der Waals surface area contributed by atoms with E-state index in [2.05, 4.69) is 5.32 Å². The molecule has 1 atom stereocenters. The number of carbonyl (C=O) groups excluding carboxylic acids is 1. The largest absolute Gasteiger partial charge is 0.480 e. The molecular formula is C25H25NO4. The van der Waals surface area contributed by atoms with Gasteiger partial charge < -0.3 is 9.84 Å². The molecule has 0 aliphatic carbocycles. The summed E-state index contributed by atoms with van der Waals surface area (Å²) in [4.78, 5) is 23.8. The fraction of sp³-hybridized carbons (Fsp3) is 0.200. The molecule has 2 N–H and O–H groups in total. The van der Waals surface area contributed by atoms with Crippen LogP contribution in [0.1, 0.15) is 29.5 Å². The van der Waals surface area contributed by atoms with E-state index in [1.54, 1.807) is 0 Å². The number of carboxylic acid groups (broad SMARTS) is 1. The lowest BCUT2D eigenvalue weighted by Crippen LogP contribution is -2.52. The predicted molar refractivity (Wildman–Crippen MR) is 115 cm³/mol. The van der Waals surface area contributed by atoms with Crippen molar-refractivity contribution in [2.24, 2.45) is 0 Å². The molecule has 0 amide bonds. The molecule has 5 heteroatoms. The number of hydrogen-bond donors (Lipinski definition) is 2. The van der Waals surface area contributed by atoms with Crippen LogP contribution in [0.15, 0.2) is 91.0 Å². The Bertz CT molecular complexity index is 862. The van der Waals surface area contributed by atoms with Crippen molar-refractivity contribution in [2.75, 3.05) is 7.11 Å². The number of hydrogen-bond acceptors (Lipinski definition) is 4. The highest BCUT2D eigenvalue weighted by molar-refractivity contribution is 5.76. The first-order valence-corrected chi connectivity index (χ1v) is 9.82. The molecule has 0 aliphatic rings. The van der Waals surface area contributed by atoms with E-state index in [0.29, 0.717) is 0 Å². The zero-order chi connectivity index (χ0) is 21.4. The number of aliphatic carboxylic acids is 1. The third-order valence-corrected chi connectivity index (χ3v) is 5.17. The summed E-state index contributed by atoms with van der Waals surface area (Å²) in [6.45, 7) is 0. The molecule has 5 nitrogen and oxygen atoms in total. The van der Waals surface area contributed by atoms with Crippen LogP contribution in [-0.4, -0.2) is 30.2 Å². The van der Waals surface area contributed by atoms with Gasteiger partial charge in [0, 0.05) is 6.42 Å². The maximum Gasteiger partial charge on any atom is 0.320 e. The number of carbonyl (C=O) groups is 2. The molecular weight excluding hydrogens is 378 g/mol. The molecule has 0 spiro atoms. The monoisotopic (exact) mass is 403 g/mol. The van der Waals surface area contributed by atoms with Gasteiger partial charge in [0.15, 0.2) is 0 Å². The normalized spacial score (nSPS) is 12.2. The molecule has 0 saturated carbocycles. The Kier molecular flexibility index (Phi) is 6.99. The van der Waals surface area contributed by atoms with Gasteiger partial charge in [-0.1, -0.05) is 91.0 Å². The van der Waals surface area contributed by atoms with E-state index in [1.807, 2.05) is 91.0 Å². The van der Waals surface area contributed by atoms with Crippen LogP contribution in [0.4, 0.5) is 0 Å². The summed E-state index contributed by atoms with van der Waals surface area (Å²) in [6, 6.07) is 28.3. The Hall–Kier alpha value is -3.44. The number of methoxy groups -OCH3 is 1. The number of nitrogens with one attached hydrogen (secondary N) is 1. The smallest absolute Gasteiger partial charge is 0.320 e. The summed E-state index contributed by atoms with van der Waals surface area (Å²) in [7, 11) is 1.30. The Labute approximate surface area is 176 Å². The first-order chi connectivity index (χ1) is 14.6. The van der Waals surface area contributed by atoms with Gasteiger partial charge in [0.1, 0.15) is 6.04 Å². The van der Waals surface area contributed by atoms with Gasteiger partial charge in [0.2, 0.25) is 0 Å². The standard InChI is InChI=1S/C25H25NO4/c1-30-23(27)18-17-22(24(28)29)26-25(19-11-5-2-6-12-19,20-13-7-3-8-14-20)21-15-9-4-10-16-21/h2-16,22,26H,17-18H2,1H3,(H,28,29)/t22-/m0/s1. The quantitative estimate of drug-likeness (QED) is 0.418. The van der Waals surface area contributed by atoms with Gasteiger partial charge in [-0.15, -0.1) is 0 Å². The van der Waals surface area contributed by atoms with Gasteiger partial charge >= 0.3 is 11.9 Å². The van der Waals surface area contributed by atoms with Gasteiger partial charge in [-0.25, -0.2) is 0 Å². The molecule has 0 fully saturated rings. The van der Waals surface area contributed by atoms with Crippen LogP contribution in [-0.2, 0) is 19.9 Å². The predicted octanol–water partition coefficient (Wildman–Crippen LogP) is 3.97. The lowest BCUT2D eigenvalue weighted by atomic mass is 9.76. The molecule has 0 heterocycles. The fourth-order valence-electron chi connectivity index (χ4n) is 3.70. The minimum Gasteiger partial charge on any atom is -0.480 e. The third kappa shape index (κ3) is 4.58. The first kappa shape index (κ1) is 21.3. The number of esters is 1. The van der Waals surface area contributed by atoms with E-state index in [0.717, 1.165) is 16.7 Å². The summed E-state index contributed by atoms with van der Waals surface area (Å²) in [5.41, 5.74) is 1.81. The second-order valence-corrected chi connectivity index (χ2v) is 7.00. The summed E-state index contributed by atoms with van der Waals surface area (Å²) in [5, 5.41) is 13.3. The average molecular weight is 403 g/mol. The Morgan fingerprint density at radius 3 is 1.57 bits per heavy atom. The number of ether oxygens (including phenoxy) is 1. The van der Waals surface area contributed by atoms with Crippen LogP contribution in [0.3, 0.4) is 0 Å². The minimum absolute atomic E-state index is 0.00884. The van der Waals surface area contributed by atoms with E-state index in [4.69, 9.17) is 4.74 Å². The van der Waals surface area contributed by atoms with Gasteiger partial charge in [-0.2, -0.15) is 0 Å². The van der Waals surface area contributed by atoms with Crippen molar-refractivity contribution in [3.05, 3.63) is 108 Å². The van der Waals surface area contributed by atoms with Crippen molar-refractivity contribution in [2.45, 2.75) is 24.4 Å². The lowest BCUT2D eigenvalue weighted by Gasteiger charge is -2.39. The SMILES string of the molecule is COC(=O)CC[C@H](NC(c1ccccc1)(c1ccccc1)c1ccccc1)C(=O)O. The zero-order valence-electron chi connectivity index (χ0n) is 16.8. The molecule has 0 aliphatic heterocycles. The highest BCUT2D eigenvalue weighted by Gasteiger charge is 2.39. The molecule has 0 aromatic heterocycles. The number of rotatable bonds is 9. The molecule has 0 bridgehead atoms. The maximum atomic E-state index is 12.2. The van der Waals surface area contributed by atoms with Crippen LogP contribution in [0.5, 0.6) is 0 Å².